The van der Waals surface area contributed by atoms with Crippen molar-refractivity contribution in [3.8, 4) is 0 Å². The second-order valence-corrected chi connectivity index (χ2v) is 7.74. The molecule has 2 aliphatic heterocycles. The van der Waals surface area contributed by atoms with E-state index in [0.717, 1.165) is 11.1 Å². The van der Waals surface area contributed by atoms with Crippen molar-refractivity contribution in [2.24, 2.45) is 0 Å². The monoisotopic (exact) mass is 426 g/mol. The Morgan fingerprint density at radius 1 is 0.774 bits per heavy atom. The van der Waals surface area contributed by atoms with Crippen molar-refractivity contribution in [1.29, 1.82) is 0 Å². The van der Waals surface area contributed by atoms with Gasteiger partial charge in [-0.25, -0.2) is 9.59 Å². The van der Waals surface area contributed by atoms with Crippen molar-refractivity contribution in [1.82, 2.24) is 0 Å². The molecule has 4 atom stereocenters. The molecule has 0 spiro atoms. The predicted molar refractivity (Wildman–Crippen MR) is 111 cm³/mol. The minimum atomic E-state index is -0.353. The Labute approximate surface area is 181 Å². The lowest BCUT2D eigenvalue weighted by atomic mass is 10.0. The Balaban J connectivity index is 1.41. The SMILES string of the molecule is COC(=O)c1ccc(CC(OC(Cc2ccc(C(=O)OC)cc2)C2CO2)C2CO2)cc1. The van der Waals surface area contributed by atoms with E-state index in [1.165, 1.54) is 14.2 Å². The van der Waals surface area contributed by atoms with Gasteiger partial charge in [0, 0.05) is 12.8 Å². The minimum absolute atomic E-state index is 0.0586. The molecule has 31 heavy (non-hydrogen) atoms. The number of hydrogen-bond donors (Lipinski definition) is 0. The van der Waals surface area contributed by atoms with E-state index in [2.05, 4.69) is 0 Å². The van der Waals surface area contributed by atoms with Crippen LogP contribution < -0.4 is 0 Å². The van der Waals surface area contributed by atoms with Crippen LogP contribution in [0.25, 0.3) is 0 Å². The van der Waals surface area contributed by atoms with E-state index < -0.39 is 0 Å². The molecule has 0 N–H and O–H groups in total. The number of carbonyl (C=O) groups excluding carboxylic acids is 2. The summed E-state index contributed by atoms with van der Waals surface area (Å²) in [6.45, 7) is 1.36. The third-order valence-corrected chi connectivity index (χ3v) is 5.52. The van der Waals surface area contributed by atoms with Gasteiger partial charge in [-0.15, -0.1) is 0 Å². The molecule has 0 amide bonds. The van der Waals surface area contributed by atoms with Gasteiger partial charge in [-0.05, 0) is 35.4 Å². The van der Waals surface area contributed by atoms with Gasteiger partial charge in [-0.2, -0.15) is 0 Å². The van der Waals surface area contributed by atoms with Gasteiger partial charge in [0.1, 0.15) is 12.2 Å². The summed E-state index contributed by atoms with van der Waals surface area (Å²) in [5, 5.41) is 0. The van der Waals surface area contributed by atoms with Crippen molar-refractivity contribution in [2.45, 2.75) is 37.3 Å². The van der Waals surface area contributed by atoms with Gasteiger partial charge in [0.25, 0.3) is 0 Å². The van der Waals surface area contributed by atoms with E-state index in [1.807, 2.05) is 24.3 Å². The summed E-state index contributed by atoms with van der Waals surface area (Å²) in [6, 6.07) is 14.7. The fourth-order valence-electron chi connectivity index (χ4n) is 3.55. The van der Waals surface area contributed by atoms with E-state index in [1.54, 1.807) is 24.3 Å². The number of epoxide rings is 2. The number of hydrogen-bond acceptors (Lipinski definition) is 7. The van der Waals surface area contributed by atoms with Gasteiger partial charge in [0.2, 0.25) is 0 Å². The molecule has 4 unspecified atom stereocenters. The zero-order chi connectivity index (χ0) is 21.8. The van der Waals surface area contributed by atoms with E-state index >= 15 is 0 Å². The van der Waals surface area contributed by atoms with Crippen molar-refractivity contribution in [3.05, 3.63) is 70.8 Å². The standard InChI is InChI=1S/C24H26O7/c1-27-23(25)17-7-3-15(4-8-17)11-19(21-13-29-21)31-20(22-14-30-22)12-16-5-9-18(10-6-16)24(26)28-2/h3-10,19-22H,11-14H2,1-2H3. The summed E-state index contributed by atoms with van der Waals surface area (Å²) in [7, 11) is 2.74. The van der Waals surface area contributed by atoms with Crippen molar-refractivity contribution in [3.63, 3.8) is 0 Å². The zero-order valence-corrected chi connectivity index (χ0v) is 17.6. The molecule has 2 saturated heterocycles. The number of benzene rings is 2. The van der Waals surface area contributed by atoms with Crippen molar-refractivity contribution >= 4 is 11.9 Å². The molecular weight excluding hydrogens is 400 g/mol. The van der Waals surface area contributed by atoms with Crippen LogP contribution in [-0.2, 0) is 36.5 Å². The van der Waals surface area contributed by atoms with Crippen molar-refractivity contribution < 1.29 is 33.3 Å². The van der Waals surface area contributed by atoms with Crippen LogP contribution in [0.15, 0.2) is 48.5 Å². The molecule has 2 aromatic carbocycles. The van der Waals surface area contributed by atoms with Crippen LogP contribution in [0.1, 0.15) is 31.8 Å². The molecule has 2 fully saturated rings. The molecule has 2 heterocycles. The Morgan fingerprint density at radius 2 is 1.13 bits per heavy atom. The van der Waals surface area contributed by atoms with Gasteiger partial charge in [-0.3, -0.25) is 0 Å². The maximum atomic E-state index is 11.6. The highest BCUT2D eigenvalue weighted by molar-refractivity contribution is 5.89. The topological polar surface area (TPSA) is 86.9 Å². The molecule has 0 aromatic heterocycles. The first-order chi connectivity index (χ1) is 15.1. The highest BCUT2D eigenvalue weighted by Gasteiger charge is 2.40. The molecule has 7 heteroatoms. The van der Waals surface area contributed by atoms with E-state index in [-0.39, 0.29) is 36.4 Å². The average molecular weight is 426 g/mol. The smallest absolute Gasteiger partial charge is 0.337 e. The van der Waals surface area contributed by atoms with Crippen molar-refractivity contribution in [2.75, 3.05) is 27.4 Å². The van der Waals surface area contributed by atoms with Gasteiger partial charge < -0.3 is 23.7 Å². The summed E-state index contributed by atoms with van der Waals surface area (Å²) in [5.74, 6) is -0.705. The van der Waals surface area contributed by atoms with Gasteiger partial charge >= 0.3 is 11.9 Å². The lowest BCUT2D eigenvalue weighted by molar-refractivity contribution is -0.0369. The molecule has 7 nitrogen and oxygen atoms in total. The van der Waals surface area contributed by atoms with Crippen LogP contribution in [-0.4, -0.2) is 63.8 Å². The second kappa shape index (κ2) is 9.60. The molecule has 164 valence electrons. The van der Waals surface area contributed by atoms with Crippen LogP contribution in [0.2, 0.25) is 0 Å². The number of methoxy groups -OCH3 is 2. The minimum Gasteiger partial charge on any atom is -0.465 e. The maximum absolute atomic E-state index is 11.6. The quantitative estimate of drug-likeness (QED) is 0.426. The van der Waals surface area contributed by atoms with Crippen LogP contribution >= 0.6 is 0 Å². The molecule has 2 aliphatic rings. The molecule has 0 aliphatic carbocycles. The molecule has 4 rings (SSSR count). The number of ether oxygens (including phenoxy) is 5. The maximum Gasteiger partial charge on any atom is 0.337 e. The third kappa shape index (κ3) is 5.70. The van der Waals surface area contributed by atoms with Gasteiger partial charge in [-0.1, -0.05) is 24.3 Å². The first-order valence-electron chi connectivity index (χ1n) is 10.3. The van der Waals surface area contributed by atoms with Gasteiger partial charge in [0.05, 0.1) is 50.8 Å². The van der Waals surface area contributed by atoms with Crippen LogP contribution in [0.4, 0.5) is 0 Å². The predicted octanol–water partition coefficient (Wildman–Crippen LogP) is 2.60. The molecule has 2 aromatic rings. The molecular formula is C24H26O7. The largest absolute Gasteiger partial charge is 0.465 e. The van der Waals surface area contributed by atoms with Crippen LogP contribution in [0.3, 0.4) is 0 Å². The summed E-state index contributed by atoms with van der Waals surface area (Å²) in [4.78, 5) is 23.3. The van der Waals surface area contributed by atoms with Gasteiger partial charge in [0.15, 0.2) is 0 Å². The first kappa shape index (κ1) is 21.5. The Kier molecular flexibility index (Phi) is 6.65. The highest BCUT2D eigenvalue weighted by atomic mass is 16.6. The fraction of sp³-hybridized carbons (Fsp3) is 0.417. The third-order valence-electron chi connectivity index (χ3n) is 5.52. The molecule has 0 radical (unpaired) electrons. The summed E-state index contributed by atoms with van der Waals surface area (Å²) < 4.78 is 27.0. The zero-order valence-electron chi connectivity index (χ0n) is 17.6. The average Bonchev–Trinajstić information content (AvgIpc) is 3.71. The van der Waals surface area contributed by atoms with Crippen LogP contribution in [0, 0.1) is 0 Å². The Bertz CT molecular complexity index is 823. The highest BCUT2D eigenvalue weighted by Crippen LogP contribution is 2.28. The first-order valence-corrected chi connectivity index (χ1v) is 10.3. The number of carbonyl (C=O) groups is 2. The Morgan fingerprint density at radius 3 is 1.42 bits per heavy atom. The van der Waals surface area contributed by atoms with E-state index in [0.29, 0.717) is 37.2 Å². The Hall–Kier alpha value is -2.74. The lowest BCUT2D eigenvalue weighted by Gasteiger charge is -2.23. The molecule has 0 saturated carbocycles. The lowest BCUT2D eigenvalue weighted by Crippen LogP contribution is -2.33. The molecule has 0 bridgehead atoms. The summed E-state index contributed by atoms with van der Waals surface area (Å²) in [5.41, 5.74) is 3.16. The fourth-order valence-corrected chi connectivity index (χ4v) is 3.55. The summed E-state index contributed by atoms with van der Waals surface area (Å²) >= 11 is 0. The van der Waals surface area contributed by atoms with E-state index in [4.69, 9.17) is 23.7 Å². The summed E-state index contributed by atoms with van der Waals surface area (Å²) in [6.07, 6.45) is 1.26. The number of rotatable bonds is 10. The number of esters is 2. The van der Waals surface area contributed by atoms with E-state index in [9.17, 15) is 9.59 Å². The second-order valence-electron chi connectivity index (χ2n) is 7.74. The van der Waals surface area contributed by atoms with Crippen LogP contribution in [0.5, 0.6) is 0 Å². The normalized spacial score (nSPS) is 21.1.